The average molecular weight is 338 g/mol. The molecule has 0 saturated carbocycles. The normalized spacial score (nSPS) is 10.5. The van der Waals surface area contributed by atoms with E-state index in [0.717, 1.165) is 22.2 Å². The van der Waals surface area contributed by atoms with E-state index in [4.69, 9.17) is 0 Å². The molecule has 1 heterocycles. The molecular formula is C18H18N4OS. The number of nitrogens with zero attached hydrogens (tertiary/aromatic N) is 3. The second kappa shape index (κ2) is 7.79. The van der Waals surface area contributed by atoms with E-state index < -0.39 is 0 Å². The first kappa shape index (κ1) is 16.3. The molecule has 0 atom stereocenters. The largest absolute Gasteiger partial charge is 0.326 e. The number of carbonyl (C=O) groups is 1. The number of aryl methyl sites for hydroxylation is 2. The van der Waals surface area contributed by atoms with Gasteiger partial charge >= 0.3 is 0 Å². The van der Waals surface area contributed by atoms with Gasteiger partial charge < -0.3 is 9.88 Å². The van der Waals surface area contributed by atoms with Gasteiger partial charge in [0.05, 0.1) is 0 Å². The van der Waals surface area contributed by atoms with Crippen LogP contribution in [-0.2, 0) is 18.3 Å². The van der Waals surface area contributed by atoms with Crippen molar-refractivity contribution in [2.45, 2.75) is 22.9 Å². The Bertz CT molecular complexity index is 799. The van der Waals surface area contributed by atoms with Crippen LogP contribution in [0.2, 0.25) is 0 Å². The second-order valence-electron chi connectivity index (χ2n) is 5.38. The summed E-state index contributed by atoms with van der Waals surface area (Å²) in [5, 5.41) is 11.7. The zero-order valence-corrected chi connectivity index (χ0v) is 14.2. The van der Waals surface area contributed by atoms with Crippen molar-refractivity contribution in [1.29, 1.82) is 0 Å². The molecule has 0 aliphatic heterocycles. The van der Waals surface area contributed by atoms with Crippen molar-refractivity contribution < 1.29 is 4.79 Å². The number of carbonyl (C=O) groups excluding carboxylic acids is 1. The van der Waals surface area contributed by atoms with Crippen LogP contribution in [0.4, 0.5) is 5.69 Å². The fourth-order valence-electron chi connectivity index (χ4n) is 2.20. The van der Waals surface area contributed by atoms with E-state index in [1.807, 2.05) is 66.2 Å². The standard InChI is InChI=1S/C18H18N4OS/c1-22-13-19-21-18(22)24-16-10-8-15(9-11-16)20-17(23)12-7-14-5-3-2-4-6-14/h2-6,8-11,13H,7,12H2,1H3,(H,20,23). The molecule has 0 saturated heterocycles. The van der Waals surface area contributed by atoms with E-state index in [-0.39, 0.29) is 5.91 Å². The van der Waals surface area contributed by atoms with Gasteiger partial charge in [-0.3, -0.25) is 4.79 Å². The molecule has 6 heteroatoms. The predicted octanol–water partition coefficient (Wildman–Crippen LogP) is 3.54. The van der Waals surface area contributed by atoms with Crippen molar-refractivity contribution >= 4 is 23.4 Å². The molecule has 1 amide bonds. The van der Waals surface area contributed by atoms with Crippen molar-refractivity contribution in [3.8, 4) is 0 Å². The third-order valence-electron chi connectivity index (χ3n) is 3.50. The Hall–Kier alpha value is -2.60. The number of hydrogen-bond donors (Lipinski definition) is 1. The van der Waals surface area contributed by atoms with Crippen LogP contribution < -0.4 is 5.32 Å². The van der Waals surface area contributed by atoms with Crippen LogP contribution >= 0.6 is 11.8 Å². The molecular weight excluding hydrogens is 320 g/mol. The zero-order valence-electron chi connectivity index (χ0n) is 13.3. The zero-order chi connectivity index (χ0) is 16.8. The Balaban J connectivity index is 1.52. The van der Waals surface area contributed by atoms with Crippen LogP contribution in [0, 0.1) is 0 Å². The lowest BCUT2D eigenvalue weighted by atomic mass is 10.1. The molecule has 3 rings (SSSR count). The molecule has 0 bridgehead atoms. The molecule has 1 aromatic heterocycles. The Morgan fingerprint density at radius 1 is 1.12 bits per heavy atom. The second-order valence-corrected chi connectivity index (χ2v) is 6.43. The van der Waals surface area contributed by atoms with Gasteiger partial charge in [0.1, 0.15) is 6.33 Å². The van der Waals surface area contributed by atoms with Crippen LogP contribution in [-0.4, -0.2) is 20.7 Å². The van der Waals surface area contributed by atoms with Crippen molar-refractivity contribution in [3.63, 3.8) is 0 Å². The monoisotopic (exact) mass is 338 g/mol. The molecule has 0 fully saturated rings. The molecule has 0 unspecified atom stereocenters. The van der Waals surface area contributed by atoms with Gasteiger partial charge in [-0.25, -0.2) is 0 Å². The number of hydrogen-bond acceptors (Lipinski definition) is 4. The van der Waals surface area contributed by atoms with Crippen molar-refractivity contribution in [2.75, 3.05) is 5.32 Å². The minimum Gasteiger partial charge on any atom is -0.326 e. The summed E-state index contributed by atoms with van der Waals surface area (Å²) in [4.78, 5) is 13.1. The molecule has 2 aromatic carbocycles. The van der Waals surface area contributed by atoms with E-state index in [9.17, 15) is 4.79 Å². The Kier molecular flexibility index (Phi) is 5.28. The lowest BCUT2D eigenvalue weighted by Gasteiger charge is -2.06. The first-order valence-corrected chi connectivity index (χ1v) is 8.48. The van der Waals surface area contributed by atoms with E-state index in [1.165, 1.54) is 17.3 Å². The fraction of sp³-hybridized carbons (Fsp3) is 0.167. The van der Waals surface area contributed by atoms with Crippen LogP contribution in [0.15, 0.2) is 71.0 Å². The smallest absolute Gasteiger partial charge is 0.224 e. The minimum atomic E-state index is 0.0209. The van der Waals surface area contributed by atoms with E-state index in [2.05, 4.69) is 15.5 Å². The Morgan fingerprint density at radius 2 is 1.88 bits per heavy atom. The van der Waals surface area contributed by atoms with Gasteiger partial charge in [-0.1, -0.05) is 30.3 Å². The van der Waals surface area contributed by atoms with Crippen LogP contribution in [0.25, 0.3) is 0 Å². The predicted molar refractivity (Wildman–Crippen MR) is 95.0 cm³/mol. The van der Waals surface area contributed by atoms with Crippen molar-refractivity contribution in [2.24, 2.45) is 7.05 Å². The SMILES string of the molecule is Cn1cnnc1Sc1ccc(NC(=O)CCc2ccccc2)cc1. The lowest BCUT2D eigenvalue weighted by molar-refractivity contribution is -0.116. The molecule has 24 heavy (non-hydrogen) atoms. The third kappa shape index (κ3) is 4.45. The van der Waals surface area contributed by atoms with Gasteiger partial charge in [0.15, 0.2) is 5.16 Å². The minimum absolute atomic E-state index is 0.0209. The number of amides is 1. The van der Waals surface area contributed by atoms with Gasteiger partial charge in [-0.2, -0.15) is 0 Å². The average Bonchev–Trinajstić information content (AvgIpc) is 3.01. The summed E-state index contributed by atoms with van der Waals surface area (Å²) >= 11 is 1.53. The Labute approximate surface area is 145 Å². The summed E-state index contributed by atoms with van der Waals surface area (Å²) in [5.74, 6) is 0.0209. The number of nitrogens with one attached hydrogen (secondary N) is 1. The maximum atomic E-state index is 12.0. The van der Waals surface area contributed by atoms with Crippen LogP contribution in [0.3, 0.4) is 0 Å². The molecule has 0 radical (unpaired) electrons. The summed E-state index contributed by atoms with van der Waals surface area (Å²) in [5.41, 5.74) is 1.97. The number of rotatable bonds is 6. The maximum Gasteiger partial charge on any atom is 0.224 e. The van der Waals surface area contributed by atoms with Gasteiger partial charge in [-0.05, 0) is 48.0 Å². The van der Waals surface area contributed by atoms with Gasteiger partial charge in [0.25, 0.3) is 0 Å². The summed E-state index contributed by atoms with van der Waals surface area (Å²) in [6.07, 6.45) is 2.88. The van der Waals surface area contributed by atoms with Crippen molar-refractivity contribution in [3.05, 3.63) is 66.5 Å². The van der Waals surface area contributed by atoms with Gasteiger partial charge in [0, 0.05) is 24.1 Å². The maximum absolute atomic E-state index is 12.0. The van der Waals surface area contributed by atoms with Gasteiger partial charge in [-0.15, -0.1) is 10.2 Å². The highest BCUT2D eigenvalue weighted by molar-refractivity contribution is 7.99. The molecule has 0 spiro atoms. The van der Waals surface area contributed by atoms with Gasteiger partial charge in [0.2, 0.25) is 5.91 Å². The highest BCUT2D eigenvalue weighted by Gasteiger charge is 2.06. The quantitative estimate of drug-likeness (QED) is 0.747. The first-order chi connectivity index (χ1) is 11.7. The molecule has 1 N–H and O–H groups in total. The molecule has 0 aliphatic carbocycles. The van der Waals surface area contributed by atoms with E-state index >= 15 is 0 Å². The summed E-state index contributed by atoms with van der Waals surface area (Å²) in [6, 6.07) is 17.7. The topological polar surface area (TPSA) is 59.8 Å². The van der Waals surface area contributed by atoms with Crippen LogP contribution in [0.5, 0.6) is 0 Å². The van der Waals surface area contributed by atoms with Crippen LogP contribution in [0.1, 0.15) is 12.0 Å². The fourth-order valence-corrected chi connectivity index (χ4v) is 2.96. The molecule has 3 aromatic rings. The third-order valence-corrected chi connectivity index (χ3v) is 4.56. The molecule has 0 aliphatic rings. The molecule has 5 nitrogen and oxygen atoms in total. The summed E-state index contributed by atoms with van der Waals surface area (Å²) in [6.45, 7) is 0. The Morgan fingerprint density at radius 3 is 2.54 bits per heavy atom. The number of anilines is 1. The van der Waals surface area contributed by atoms with E-state index in [1.54, 1.807) is 6.33 Å². The highest BCUT2D eigenvalue weighted by atomic mass is 32.2. The molecule has 122 valence electrons. The summed E-state index contributed by atoms with van der Waals surface area (Å²) in [7, 11) is 1.91. The number of aromatic nitrogens is 3. The first-order valence-electron chi connectivity index (χ1n) is 7.66. The van der Waals surface area contributed by atoms with E-state index in [0.29, 0.717) is 6.42 Å². The summed E-state index contributed by atoms with van der Waals surface area (Å²) < 4.78 is 1.87. The lowest BCUT2D eigenvalue weighted by Crippen LogP contribution is -2.12. The van der Waals surface area contributed by atoms with Crippen molar-refractivity contribution in [1.82, 2.24) is 14.8 Å². The highest BCUT2D eigenvalue weighted by Crippen LogP contribution is 2.26. The number of benzene rings is 2.